The van der Waals surface area contributed by atoms with E-state index in [4.69, 9.17) is 9.47 Å². The van der Waals surface area contributed by atoms with Gasteiger partial charge in [0.1, 0.15) is 19.3 Å². The number of nitrogens with one attached hydrogen (secondary N) is 1. The van der Waals surface area contributed by atoms with Gasteiger partial charge in [0, 0.05) is 25.9 Å². The maximum Gasteiger partial charge on any atom is 0.243 e. The predicted molar refractivity (Wildman–Crippen MR) is 145 cm³/mol. The number of hydrogen-bond donors (Lipinski definition) is 1. The van der Waals surface area contributed by atoms with Crippen LogP contribution in [0.1, 0.15) is 37.0 Å². The second-order valence-corrected chi connectivity index (χ2v) is 9.83. The van der Waals surface area contributed by atoms with Crippen molar-refractivity contribution in [2.45, 2.75) is 45.7 Å². The smallest absolute Gasteiger partial charge is 0.243 e. The Bertz CT molecular complexity index is 1160. The molecular formula is C31H36N2O4. The number of rotatable bonds is 11. The second-order valence-electron chi connectivity index (χ2n) is 9.83. The number of benzene rings is 3. The van der Waals surface area contributed by atoms with Crippen molar-refractivity contribution >= 4 is 11.8 Å². The Balaban J connectivity index is 1.56. The predicted octanol–water partition coefficient (Wildman–Crippen LogP) is 4.80. The summed E-state index contributed by atoms with van der Waals surface area (Å²) in [6.07, 6.45) is 1.29. The first-order valence-corrected chi connectivity index (χ1v) is 13.0. The van der Waals surface area contributed by atoms with Crippen LogP contribution in [0.5, 0.6) is 11.5 Å². The van der Waals surface area contributed by atoms with Crippen LogP contribution >= 0.6 is 0 Å². The topological polar surface area (TPSA) is 67.9 Å². The summed E-state index contributed by atoms with van der Waals surface area (Å²) >= 11 is 0. The molecule has 3 aromatic carbocycles. The van der Waals surface area contributed by atoms with Crippen molar-refractivity contribution in [3.63, 3.8) is 0 Å². The molecule has 2 amide bonds. The summed E-state index contributed by atoms with van der Waals surface area (Å²) in [5.41, 5.74) is 3.01. The highest BCUT2D eigenvalue weighted by Crippen LogP contribution is 2.31. The molecule has 194 valence electrons. The van der Waals surface area contributed by atoms with Crippen LogP contribution in [0.3, 0.4) is 0 Å². The number of aryl methyl sites for hydroxylation is 1. The summed E-state index contributed by atoms with van der Waals surface area (Å²) in [6.45, 7) is 6.12. The fraction of sp³-hybridized carbons (Fsp3) is 0.355. The van der Waals surface area contributed by atoms with Crippen molar-refractivity contribution in [3.8, 4) is 11.5 Å². The summed E-state index contributed by atoms with van der Waals surface area (Å²) in [7, 11) is 0. The molecule has 1 aliphatic heterocycles. The minimum absolute atomic E-state index is 0.0561. The molecule has 0 bridgehead atoms. The van der Waals surface area contributed by atoms with E-state index in [9.17, 15) is 9.59 Å². The average molecular weight is 501 g/mol. The van der Waals surface area contributed by atoms with E-state index < -0.39 is 6.04 Å². The Morgan fingerprint density at radius 1 is 0.838 bits per heavy atom. The Kier molecular flexibility index (Phi) is 9.19. The van der Waals surface area contributed by atoms with Gasteiger partial charge in [-0.05, 0) is 41.2 Å². The number of carbonyl (C=O) groups excluding carboxylic acids is 2. The zero-order chi connectivity index (χ0) is 26.0. The fourth-order valence-electron chi connectivity index (χ4n) is 4.39. The number of hydrogen-bond acceptors (Lipinski definition) is 4. The van der Waals surface area contributed by atoms with Gasteiger partial charge >= 0.3 is 0 Å². The highest BCUT2D eigenvalue weighted by molar-refractivity contribution is 5.88. The second kappa shape index (κ2) is 12.9. The normalized spacial score (nSPS) is 13.2. The van der Waals surface area contributed by atoms with Gasteiger partial charge in [-0.2, -0.15) is 0 Å². The van der Waals surface area contributed by atoms with Crippen molar-refractivity contribution < 1.29 is 19.1 Å². The molecule has 6 heteroatoms. The molecule has 0 unspecified atom stereocenters. The van der Waals surface area contributed by atoms with Crippen LogP contribution < -0.4 is 14.8 Å². The molecule has 0 saturated heterocycles. The van der Waals surface area contributed by atoms with Crippen LogP contribution in [0.2, 0.25) is 0 Å². The highest BCUT2D eigenvalue weighted by atomic mass is 16.6. The van der Waals surface area contributed by atoms with E-state index in [1.807, 2.05) is 78.9 Å². The molecule has 0 spiro atoms. The monoisotopic (exact) mass is 500 g/mol. The minimum Gasteiger partial charge on any atom is -0.486 e. The van der Waals surface area contributed by atoms with Gasteiger partial charge in [-0.1, -0.05) is 80.6 Å². The molecule has 0 aliphatic carbocycles. The molecule has 37 heavy (non-hydrogen) atoms. The summed E-state index contributed by atoms with van der Waals surface area (Å²) in [6, 6.07) is 24.9. The van der Waals surface area contributed by atoms with Crippen molar-refractivity contribution in [1.29, 1.82) is 0 Å². The van der Waals surface area contributed by atoms with Gasteiger partial charge in [-0.15, -0.1) is 0 Å². The molecule has 4 rings (SSSR count). The van der Waals surface area contributed by atoms with E-state index in [0.29, 0.717) is 50.8 Å². The molecule has 0 aromatic heterocycles. The minimum atomic E-state index is -0.617. The zero-order valence-corrected chi connectivity index (χ0v) is 21.7. The van der Waals surface area contributed by atoms with E-state index in [1.165, 1.54) is 0 Å². The zero-order valence-electron chi connectivity index (χ0n) is 21.7. The van der Waals surface area contributed by atoms with Crippen LogP contribution in [-0.4, -0.2) is 42.5 Å². The molecule has 1 aliphatic rings. The highest BCUT2D eigenvalue weighted by Gasteiger charge is 2.30. The van der Waals surface area contributed by atoms with Crippen LogP contribution in [-0.2, 0) is 29.0 Å². The van der Waals surface area contributed by atoms with Gasteiger partial charge in [0.15, 0.2) is 11.5 Å². The Labute approximate surface area is 219 Å². The number of carbonyl (C=O) groups is 2. The summed E-state index contributed by atoms with van der Waals surface area (Å²) in [5.74, 6) is 1.58. The third kappa shape index (κ3) is 7.59. The molecule has 1 atom stereocenters. The lowest BCUT2D eigenvalue weighted by molar-refractivity contribution is -0.141. The Morgan fingerprint density at radius 2 is 1.49 bits per heavy atom. The maximum absolute atomic E-state index is 13.8. The number of nitrogens with zero attached hydrogens (tertiary/aromatic N) is 1. The van der Waals surface area contributed by atoms with Crippen LogP contribution in [0.15, 0.2) is 78.9 Å². The van der Waals surface area contributed by atoms with Crippen molar-refractivity contribution in [3.05, 3.63) is 95.6 Å². The number of fused-ring (bicyclic) bond motifs is 1. The van der Waals surface area contributed by atoms with Crippen LogP contribution in [0, 0.1) is 5.92 Å². The SMILES string of the molecule is CC(C)CNC(=O)[C@H](Cc1ccccc1)N(Cc1ccccc1)C(=O)CCc1ccc2c(c1)OCCO2. The maximum atomic E-state index is 13.8. The van der Waals surface area contributed by atoms with Gasteiger partial charge in [0.2, 0.25) is 11.8 Å². The summed E-state index contributed by atoms with van der Waals surface area (Å²) in [4.78, 5) is 29.0. The molecule has 3 aromatic rings. The van der Waals surface area contributed by atoms with Gasteiger partial charge in [-0.25, -0.2) is 0 Å². The summed E-state index contributed by atoms with van der Waals surface area (Å²) < 4.78 is 11.3. The lowest BCUT2D eigenvalue weighted by Gasteiger charge is -2.32. The van der Waals surface area contributed by atoms with E-state index in [-0.39, 0.29) is 18.2 Å². The standard InChI is InChI=1S/C31H36N2O4/c1-23(2)21-32-31(35)27(19-24-9-5-3-6-10-24)33(22-26-11-7-4-8-12-26)30(34)16-14-25-13-15-28-29(20-25)37-18-17-36-28/h3-13,15,20,23,27H,14,16-19,21-22H2,1-2H3,(H,32,35)/t27-/m0/s1. The van der Waals surface area contributed by atoms with E-state index in [0.717, 1.165) is 22.4 Å². The van der Waals surface area contributed by atoms with Crippen molar-refractivity contribution in [2.24, 2.45) is 5.92 Å². The van der Waals surface area contributed by atoms with Gasteiger partial charge in [-0.3, -0.25) is 9.59 Å². The van der Waals surface area contributed by atoms with Crippen molar-refractivity contribution in [2.75, 3.05) is 19.8 Å². The summed E-state index contributed by atoms with van der Waals surface area (Å²) in [5, 5.41) is 3.07. The molecule has 1 N–H and O–H groups in total. The lowest BCUT2D eigenvalue weighted by atomic mass is 10.0. The average Bonchev–Trinajstić information content (AvgIpc) is 2.93. The van der Waals surface area contributed by atoms with Crippen molar-refractivity contribution in [1.82, 2.24) is 10.2 Å². The van der Waals surface area contributed by atoms with E-state index in [1.54, 1.807) is 4.90 Å². The number of ether oxygens (including phenoxy) is 2. The third-order valence-electron chi connectivity index (χ3n) is 6.39. The quantitative estimate of drug-likeness (QED) is 0.411. The molecular weight excluding hydrogens is 464 g/mol. The van der Waals surface area contributed by atoms with Crippen LogP contribution in [0.25, 0.3) is 0 Å². The van der Waals surface area contributed by atoms with Crippen LogP contribution in [0.4, 0.5) is 0 Å². The Hall–Kier alpha value is -3.80. The lowest BCUT2D eigenvalue weighted by Crippen LogP contribution is -2.51. The van der Waals surface area contributed by atoms with E-state index in [2.05, 4.69) is 19.2 Å². The number of amides is 2. The first-order chi connectivity index (χ1) is 18.0. The molecule has 0 radical (unpaired) electrons. The first-order valence-electron chi connectivity index (χ1n) is 13.0. The van der Waals surface area contributed by atoms with Gasteiger partial charge in [0.25, 0.3) is 0 Å². The molecule has 0 fully saturated rings. The molecule has 1 heterocycles. The van der Waals surface area contributed by atoms with Gasteiger partial charge in [0.05, 0.1) is 0 Å². The Morgan fingerprint density at radius 3 is 2.16 bits per heavy atom. The third-order valence-corrected chi connectivity index (χ3v) is 6.39. The van der Waals surface area contributed by atoms with E-state index >= 15 is 0 Å². The van der Waals surface area contributed by atoms with Gasteiger partial charge < -0.3 is 19.7 Å². The fourth-order valence-corrected chi connectivity index (χ4v) is 4.39. The molecule has 0 saturated carbocycles. The largest absolute Gasteiger partial charge is 0.486 e. The molecule has 6 nitrogen and oxygen atoms in total. The first kappa shape index (κ1) is 26.3.